The molecule has 0 spiro atoms. The Bertz CT molecular complexity index is 1180. The molecule has 0 radical (unpaired) electrons. The molecule has 0 atom stereocenters. The zero-order valence-electron chi connectivity index (χ0n) is 17.2. The fourth-order valence-electron chi connectivity index (χ4n) is 3.20. The molecule has 152 valence electrons. The van der Waals surface area contributed by atoms with Crippen LogP contribution < -0.4 is 10.1 Å². The van der Waals surface area contributed by atoms with Crippen molar-refractivity contribution < 1.29 is 13.9 Å². The van der Waals surface area contributed by atoms with Crippen LogP contribution in [0.2, 0.25) is 0 Å². The Labute approximate surface area is 174 Å². The topological polar surface area (TPSA) is 77.2 Å². The third-order valence-corrected chi connectivity index (χ3v) is 4.73. The Kier molecular flexibility index (Phi) is 5.48. The van der Waals surface area contributed by atoms with E-state index in [1.165, 1.54) is 0 Å². The molecule has 0 fully saturated rings. The average molecular weight is 401 g/mol. The van der Waals surface area contributed by atoms with E-state index in [2.05, 4.69) is 35.2 Å². The molecule has 1 N–H and O–H groups in total. The van der Waals surface area contributed by atoms with Crippen molar-refractivity contribution in [1.29, 1.82) is 0 Å². The van der Waals surface area contributed by atoms with E-state index in [0.717, 1.165) is 22.4 Å². The molecule has 6 heteroatoms. The summed E-state index contributed by atoms with van der Waals surface area (Å²) in [6.45, 7) is 6.14. The van der Waals surface area contributed by atoms with Crippen molar-refractivity contribution in [1.82, 2.24) is 9.97 Å². The number of oxazole rings is 1. The van der Waals surface area contributed by atoms with Crippen LogP contribution in [0.5, 0.6) is 5.75 Å². The summed E-state index contributed by atoms with van der Waals surface area (Å²) in [6.07, 6.45) is 3.39. The van der Waals surface area contributed by atoms with E-state index in [1.54, 1.807) is 30.6 Å². The minimum absolute atomic E-state index is 0.0685. The quantitative estimate of drug-likeness (QED) is 0.472. The minimum atomic E-state index is -0.235. The molecule has 30 heavy (non-hydrogen) atoms. The van der Waals surface area contributed by atoms with E-state index in [4.69, 9.17) is 9.15 Å². The molecule has 0 aliphatic carbocycles. The van der Waals surface area contributed by atoms with Crippen LogP contribution in [-0.2, 0) is 4.79 Å². The number of amides is 1. The van der Waals surface area contributed by atoms with E-state index in [0.29, 0.717) is 28.6 Å². The number of nitrogens with one attached hydrogen (secondary N) is 1. The van der Waals surface area contributed by atoms with Gasteiger partial charge in [0.25, 0.3) is 5.91 Å². The fourth-order valence-corrected chi connectivity index (χ4v) is 3.20. The highest BCUT2D eigenvalue weighted by Crippen LogP contribution is 2.28. The van der Waals surface area contributed by atoms with Gasteiger partial charge in [-0.25, -0.2) is 4.98 Å². The standard InChI is InChI=1S/C24H23N3O3/c1-15(2)19-8-6-16(3)11-22(19)29-14-23(28)26-18-7-9-21-20(12-18)27-24(30-21)17-5-4-10-25-13-17/h4-13,15H,14H2,1-3H3,(H,26,28). The van der Waals surface area contributed by atoms with Crippen LogP contribution in [0.3, 0.4) is 0 Å². The Morgan fingerprint density at radius 2 is 2.03 bits per heavy atom. The first-order chi connectivity index (χ1) is 14.5. The monoisotopic (exact) mass is 401 g/mol. The van der Waals surface area contributed by atoms with Crippen LogP contribution in [0.15, 0.2) is 65.3 Å². The van der Waals surface area contributed by atoms with Crippen molar-refractivity contribution in [3.8, 4) is 17.2 Å². The molecular weight excluding hydrogens is 378 g/mol. The second-order valence-corrected chi connectivity index (χ2v) is 7.48. The van der Waals surface area contributed by atoms with E-state index in [1.807, 2.05) is 31.2 Å². The van der Waals surface area contributed by atoms with Crippen LogP contribution in [0.1, 0.15) is 30.9 Å². The molecule has 0 bridgehead atoms. The minimum Gasteiger partial charge on any atom is -0.483 e. The Morgan fingerprint density at radius 3 is 2.80 bits per heavy atom. The maximum absolute atomic E-state index is 12.4. The Morgan fingerprint density at radius 1 is 1.17 bits per heavy atom. The Hall–Kier alpha value is -3.67. The van der Waals surface area contributed by atoms with E-state index < -0.39 is 0 Å². The highest BCUT2D eigenvalue weighted by Gasteiger charge is 2.12. The molecule has 0 unspecified atom stereocenters. The molecule has 4 aromatic rings. The van der Waals surface area contributed by atoms with Gasteiger partial charge in [-0.05, 0) is 60.4 Å². The normalized spacial score (nSPS) is 11.1. The van der Waals surface area contributed by atoms with Gasteiger partial charge < -0.3 is 14.5 Å². The van der Waals surface area contributed by atoms with Gasteiger partial charge in [-0.15, -0.1) is 0 Å². The zero-order valence-corrected chi connectivity index (χ0v) is 17.2. The molecular formula is C24H23N3O3. The summed E-state index contributed by atoms with van der Waals surface area (Å²) in [5, 5.41) is 2.86. The van der Waals surface area contributed by atoms with Gasteiger partial charge in [0.1, 0.15) is 11.3 Å². The van der Waals surface area contributed by atoms with Crippen LogP contribution in [0, 0.1) is 6.92 Å². The largest absolute Gasteiger partial charge is 0.483 e. The number of rotatable bonds is 6. The molecule has 6 nitrogen and oxygen atoms in total. The lowest BCUT2D eigenvalue weighted by Gasteiger charge is -2.14. The number of benzene rings is 2. The highest BCUT2D eigenvalue weighted by molar-refractivity contribution is 5.94. The predicted octanol–water partition coefficient (Wildman–Crippen LogP) is 5.34. The lowest BCUT2D eigenvalue weighted by molar-refractivity contribution is -0.118. The fraction of sp³-hybridized carbons (Fsp3) is 0.208. The summed E-state index contributed by atoms with van der Waals surface area (Å²) in [5.41, 5.74) is 4.91. The second kappa shape index (κ2) is 8.37. The third-order valence-electron chi connectivity index (χ3n) is 4.73. The van der Waals surface area contributed by atoms with Crippen LogP contribution in [0.25, 0.3) is 22.6 Å². The van der Waals surface area contributed by atoms with Gasteiger partial charge in [0.2, 0.25) is 5.89 Å². The number of pyridine rings is 1. The molecule has 1 amide bonds. The number of aromatic nitrogens is 2. The van der Waals surface area contributed by atoms with Crippen LogP contribution in [-0.4, -0.2) is 22.5 Å². The van der Waals surface area contributed by atoms with Crippen molar-refractivity contribution >= 4 is 22.7 Å². The summed E-state index contributed by atoms with van der Waals surface area (Å²) in [6, 6.07) is 15.1. The van der Waals surface area contributed by atoms with Gasteiger partial charge in [-0.1, -0.05) is 26.0 Å². The van der Waals surface area contributed by atoms with Gasteiger partial charge in [-0.2, -0.15) is 0 Å². The van der Waals surface area contributed by atoms with Gasteiger partial charge in [-0.3, -0.25) is 9.78 Å². The highest BCUT2D eigenvalue weighted by atomic mass is 16.5. The van der Waals surface area contributed by atoms with Crippen molar-refractivity contribution in [2.75, 3.05) is 11.9 Å². The molecule has 2 heterocycles. The van der Waals surface area contributed by atoms with Gasteiger partial charge >= 0.3 is 0 Å². The summed E-state index contributed by atoms with van der Waals surface area (Å²) >= 11 is 0. The number of carbonyl (C=O) groups is 1. The smallest absolute Gasteiger partial charge is 0.262 e. The first-order valence-corrected chi connectivity index (χ1v) is 9.84. The van der Waals surface area contributed by atoms with Crippen molar-refractivity contribution in [2.45, 2.75) is 26.7 Å². The second-order valence-electron chi connectivity index (χ2n) is 7.48. The van der Waals surface area contributed by atoms with Crippen LogP contribution >= 0.6 is 0 Å². The predicted molar refractivity (Wildman–Crippen MR) is 117 cm³/mol. The van der Waals surface area contributed by atoms with E-state index >= 15 is 0 Å². The maximum Gasteiger partial charge on any atom is 0.262 e. The van der Waals surface area contributed by atoms with Gasteiger partial charge in [0.05, 0.1) is 5.56 Å². The molecule has 4 rings (SSSR count). The summed E-state index contributed by atoms with van der Waals surface area (Å²) in [5.74, 6) is 1.31. The summed E-state index contributed by atoms with van der Waals surface area (Å²) < 4.78 is 11.6. The molecule has 2 aromatic carbocycles. The first kappa shape index (κ1) is 19.6. The first-order valence-electron chi connectivity index (χ1n) is 9.84. The number of aryl methyl sites for hydroxylation is 1. The summed E-state index contributed by atoms with van der Waals surface area (Å²) in [7, 11) is 0. The number of anilines is 1. The number of hydrogen-bond donors (Lipinski definition) is 1. The molecule has 0 saturated heterocycles. The van der Waals surface area contributed by atoms with Gasteiger partial charge in [0.15, 0.2) is 12.2 Å². The van der Waals surface area contributed by atoms with Crippen molar-refractivity contribution in [3.63, 3.8) is 0 Å². The van der Waals surface area contributed by atoms with Gasteiger partial charge in [0, 0.05) is 18.1 Å². The molecule has 2 aromatic heterocycles. The SMILES string of the molecule is Cc1ccc(C(C)C)c(OCC(=O)Nc2ccc3oc(-c4cccnc4)nc3c2)c1. The average Bonchev–Trinajstić information content (AvgIpc) is 3.16. The molecule has 0 saturated carbocycles. The number of hydrogen-bond acceptors (Lipinski definition) is 5. The van der Waals surface area contributed by atoms with Crippen LogP contribution in [0.4, 0.5) is 5.69 Å². The van der Waals surface area contributed by atoms with E-state index in [9.17, 15) is 4.79 Å². The lowest BCUT2D eigenvalue weighted by Crippen LogP contribution is -2.20. The Balaban J connectivity index is 1.45. The van der Waals surface area contributed by atoms with Crippen molar-refractivity contribution in [3.05, 3.63) is 72.1 Å². The zero-order chi connectivity index (χ0) is 21.1. The number of carbonyl (C=O) groups excluding carboxylic acids is 1. The number of nitrogens with zero attached hydrogens (tertiary/aromatic N) is 2. The third kappa shape index (κ3) is 4.33. The summed E-state index contributed by atoms with van der Waals surface area (Å²) in [4.78, 5) is 21.0. The molecule has 0 aliphatic heterocycles. The number of fused-ring (bicyclic) bond motifs is 1. The lowest BCUT2D eigenvalue weighted by atomic mass is 10.0. The molecule has 0 aliphatic rings. The van der Waals surface area contributed by atoms with Crippen molar-refractivity contribution in [2.24, 2.45) is 0 Å². The maximum atomic E-state index is 12.4. The number of ether oxygens (including phenoxy) is 1. The van der Waals surface area contributed by atoms with E-state index in [-0.39, 0.29) is 12.5 Å².